The number of nitrogens with zero attached hydrogens (tertiary/aromatic N) is 6. The van der Waals surface area contributed by atoms with E-state index < -0.39 is 0 Å². The van der Waals surface area contributed by atoms with Gasteiger partial charge >= 0.3 is 0 Å². The molecule has 10 heteroatoms. The largest absolute Gasteiger partial charge is 0.324 e. The average molecular weight is 580 g/mol. The van der Waals surface area contributed by atoms with Crippen molar-refractivity contribution < 1.29 is 16.8 Å². The molecule has 8 bridgehead atoms. The molecule has 0 aliphatic carbocycles. The summed E-state index contributed by atoms with van der Waals surface area (Å²) in [6.45, 7) is 0. The Kier molecular flexibility index (Phi) is 6.26. The molecule has 0 unspecified atom stereocenters. The van der Waals surface area contributed by atoms with E-state index in [1.165, 1.54) is 0 Å². The van der Waals surface area contributed by atoms with E-state index in [0.717, 1.165) is 43.8 Å². The zero-order valence-corrected chi connectivity index (χ0v) is 23.3. The van der Waals surface area contributed by atoms with Gasteiger partial charge in [-0.1, -0.05) is 97.1 Å². The van der Waals surface area contributed by atoms with Crippen molar-refractivity contribution in [3.8, 4) is 45.6 Å². The van der Waals surface area contributed by atoms with Crippen LogP contribution in [-0.4, -0.2) is 58.7 Å². The van der Waals surface area contributed by atoms with Crippen molar-refractivity contribution in [3.05, 3.63) is 97.1 Å². The first kappa shape index (κ1) is 26.3. The molecule has 196 valence electrons. The Bertz CT molecular complexity index is 2040. The molecule has 2 aliphatic rings. The molecule has 2 radical (unpaired) electrons. The molecule has 0 saturated carbocycles. The van der Waals surface area contributed by atoms with Crippen LogP contribution in [0.5, 0.6) is 0 Å². The van der Waals surface area contributed by atoms with Gasteiger partial charge in [-0.3, -0.25) is 0 Å². The first-order chi connectivity index (χ1) is 19.8. The SMILES string of the molecule is [Co].[Li].c1ccc2c(c1)-c1nc-2nc2[nH]c(nc3nc(nc4[nH]c(n1)c1ccccc41)-c1ccccc1-3)c1ccccc21. The maximum atomic E-state index is 5.02. The van der Waals surface area contributed by atoms with Gasteiger partial charge in [-0.05, 0) is 0 Å². The maximum Gasteiger partial charge on any atom is 0.164 e. The second kappa shape index (κ2) is 10.0. The number of rotatable bonds is 0. The monoisotopic (exact) mass is 580 g/mol. The van der Waals surface area contributed by atoms with Crippen LogP contribution < -0.4 is 0 Å². The van der Waals surface area contributed by atoms with E-state index in [1.807, 2.05) is 97.1 Å². The summed E-state index contributed by atoms with van der Waals surface area (Å²) in [5, 5.41) is 3.82. The summed E-state index contributed by atoms with van der Waals surface area (Å²) in [4.78, 5) is 36.8. The third-order valence-corrected chi connectivity index (χ3v) is 7.46. The molecule has 8 nitrogen and oxygen atoms in total. The first-order valence-corrected chi connectivity index (χ1v) is 13.0. The Morgan fingerprint density at radius 1 is 0.333 bits per heavy atom. The van der Waals surface area contributed by atoms with Crippen LogP contribution in [0, 0.1) is 0 Å². The molecule has 9 rings (SSSR count). The zero-order chi connectivity index (χ0) is 26.2. The van der Waals surface area contributed by atoms with Crippen LogP contribution in [0.25, 0.3) is 89.7 Å². The van der Waals surface area contributed by atoms with Gasteiger partial charge in [0.2, 0.25) is 0 Å². The van der Waals surface area contributed by atoms with E-state index in [1.54, 1.807) is 0 Å². The number of aromatic amines is 2. The number of hydrogen-bond acceptors (Lipinski definition) is 6. The molecule has 42 heavy (non-hydrogen) atoms. The topological polar surface area (TPSA) is 109 Å². The Morgan fingerprint density at radius 3 is 0.833 bits per heavy atom. The minimum Gasteiger partial charge on any atom is -0.324 e. The molecule has 7 aromatic rings. The van der Waals surface area contributed by atoms with Gasteiger partial charge in [-0.25, -0.2) is 29.9 Å². The third kappa shape index (κ3) is 3.90. The van der Waals surface area contributed by atoms with Crippen LogP contribution in [0.2, 0.25) is 0 Å². The predicted molar refractivity (Wildman–Crippen MR) is 162 cm³/mol. The van der Waals surface area contributed by atoms with Gasteiger partial charge in [0.25, 0.3) is 0 Å². The van der Waals surface area contributed by atoms with Crippen LogP contribution in [0.4, 0.5) is 0 Å². The molecular formula is C32H18CoLiN8. The molecule has 0 fully saturated rings. The molecule has 0 amide bonds. The van der Waals surface area contributed by atoms with Gasteiger partial charge < -0.3 is 9.97 Å². The third-order valence-electron chi connectivity index (χ3n) is 7.46. The summed E-state index contributed by atoms with van der Waals surface area (Å²) in [5.74, 6) is 2.39. The predicted octanol–water partition coefficient (Wildman–Crippen LogP) is 6.49. The summed E-state index contributed by atoms with van der Waals surface area (Å²) in [6, 6.07) is 32.2. The van der Waals surface area contributed by atoms with E-state index in [-0.39, 0.29) is 35.6 Å². The molecule has 0 spiro atoms. The van der Waals surface area contributed by atoms with Crippen LogP contribution in [0.15, 0.2) is 97.1 Å². The fourth-order valence-corrected chi connectivity index (χ4v) is 5.59. The Morgan fingerprint density at radius 2 is 0.571 bits per heavy atom. The van der Waals surface area contributed by atoms with Gasteiger partial charge in [0.05, 0.1) is 0 Å². The summed E-state index contributed by atoms with van der Waals surface area (Å²) in [7, 11) is 0. The van der Waals surface area contributed by atoms with E-state index in [9.17, 15) is 0 Å². The fourth-order valence-electron chi connectivity index (χ4n) is 5.59. The van der Waals surface area contributed by atoms with Crippen molar-refractivity contribution in [2.45, 2.75) is 0 Å². The van der Waals surface area contributed by atoms with Crippen LogP contribution in [0.1, 0.15) is 0 Å². The average Bonchev–Trinajstić information content (AvgIpc) is 3.73. The number of H-pyrrole nitrogens is 2. The Labute approximate surface area is 261 Å². The maximum absolute atomic E-state index is 5.02. The zero-order valence-electron chi connectivity index (χ0n) is 22.3. The summed E-state index contributed by atoms with van der Waals surface area (Å²) >= 11 is 0. The molecule has 5 heterocycles. The van der Waals surface area contributed by atoms with Crippen LogP contribution in [0.3, 0.4) is 0 Å². The van der Waals surface area contributed by atoms with Gasteiger partial charge in [0.15, 0.2) is 23.3 Å². The van der Waals surface area contributed by atoms with Crippen molar-refractivity contribution in [1.29, 1.82) is 0 Å². The van der Waals surface area contributed by atoms with Gasteiger partial charge in [-0.15, -0.1) is 0 Å². The number of fused-ring (bicyclic) bond motifs is 20. The van der Waals surface area contributed by atoms with Crippen LogP contribution in [-0.2, 0) is 16.8 Å². The molecule has 2 aliphatic heterocycles. The number of aromatic nitrogens is 8. The van der Waals surface area contributed by atoms with E-state index in [2.05, 4.69) is 9.97 Å². The molecule has 0 saturated heterocycles. The second-order valence-electron chi connectivity index (χ2n) is 9.79. The molecular weight excluding hydrogens is 562 g/mol. The first-order valence-electron chi connectivity index (χ1n) is 13.0. The number of benzene rings is 4. The smallest absolute Gasteiger partial charge is 0.164 e. The quantitative estimate of drug-likeness (QED) is 0.199. The van der Waals surface area contributed by atoms with E-state index in [4.69, 9.17) is 29.9 Å². The van der Waals surface area contributed by atoms with E-state index in [0.29, 0.717) is 45.9 Å². The molecule has 4 aromatic carbocycles. The van der Waals surface area contributed by atoms with Crippen molar-refractivity contribution in [2.75, 3.05) is 0 Å². The van der Waals surface area contributed by atoms with Crippen molar-refractivity contribution in [1.82, 2.24) is 39.9 Å². The standard InChI is InChI=1S/C32H18N8.Co.Li/c1-2-10-18-17(9-1)25-33-26(18)38-28-21-13-5-6-14-22(21)30(35-28)40-32-24-16-8-7-15-23(24)31(36-32)39-29-20-12-4-3-11-19(20)27(34-29)37-25;;/h1-16H,(H2,33,34,35,36,37,38,39,40);;. The molecule has 2 N–H and O–H groups in total. The molecule has 3 aromatic heterocycles. The second-order valence-corrected chi connectivity index (χ2v) is 9.79. The Balaban J connectivity index is 0.00000144. The minimum absolute atomic E-state index is 0. The normalized spacial score (nSPS) is 11.4. The van der Waals surface area contributed by atoms with E-state index >= 15 is 0 Å². The van der Waals surface area contributed by atoms with Crippen molar-refractivity contribution in [3.63, 3.8) is 0 Å². The summed E-state index contributed by atoms with van der Waals surface area (Å²) in [5.41, 5.74) is 6.45. The molecule has 0 atom stereocenters. The Hall–Kier alpha value is -4.66. The number of hydrogen-bond donors (Lipinski definition) is 2. The number of nitrogens with one attached hydrogen (secondary N) is 2. The van der Waals surface area contributed by atoms with Gasteiger partial charge in [0.1, 0.15) is 22.6 Å². The van der Waals surface area contributed by atoms with Crippen molar-refractivity contribution >= 4 is 63.0 Å². The fraction of sp³-hybridized carbons (Fsp3) is 0. The van der Waals surface area contributed by atoms with Gasteiger partial charge in [-0.2, -0.15) is 0 Å². The minimum atomic E-state index is 0. The summed E-state index contributed by atoms with van der Waals surface area (Å²) in [6.07, 6.45) is 0. The van der Waals surface area contributed by atoms with Crippen molar-refractivity contribution in [2.24, 2.45) is 0 Å². The summed E-state index contributed by atoms with van der Waals surface area (Å²) < 4.78 is 0. The van der Waals surface area contributed by atoms with Crippen LogP contribution >= 0.6 is 0 Å². The van der Waals surface area contributed by atoms with Gasteiger partial charge in [0, 0.05) is 79.4 Å².